The molecule has 80 valence electrons. The lowest BCUT2D eigenvalue weighted by Gasteiger charge is -2.31. The van der Waals surface area contributed by atoms with E-state index < -0.39 is 0 Å². The van der Waals surface area contributed by atoms with Crippen LogP contribution in [0.4, 0.5) is 0 Å². The van der Waals surface area contributed by atoms with Crippen LogP contribution in [0.25, 0.3) is 0 Å². The van der Waals surface area contributed by atoms with Gasteiger partial charge in [-0.05, 0) is 24.7 Å². The van der Waals surface area contributed by atoms with E-state index in [1.807, 2.05) is 0 Å². The number of nitrogens with two attached hydrogens (primary N) is 1. The van der Waals surface area contributed by atoms with Gasteiger partial charge in [-0.2, -0.15) is 0 Å². The third-order valence-electron chi connectivity index (χ3n) is 3.68. The molecule has 1 atom stereocenters. The van der Waals surface area contributed by atoms with Crippen molar-refractivity contribution in [1.29, 1.82) is 0 Å². The molecule has 0 amide bonds. The molecule has 1 saturated carbocycles. The van der Waals surface area contributed by atoms with Gasteiger partial charge in [-0.25, -0.2) is 0 Å². The molecule has 2 aliphatic rings. The van der Waals surface area contributed by atoms with Crippen LogP contribution in [-0.4, -0.2) is 19.1 Å². The molecule has 2 heteroatoms. The van der Waals surface area contributed by atoms with Crippen LogP contribution in [0, 0.1) is 11.8 Å². The fourth-order valence-electron chi connectivity index (χ4n) is 2.69. The topological polar surface area (TPSA) is 38.0 Å². The summed E-state index contributed by atoms with van der Waals surface area (Å²) in [5.74, 6) is 1.77. The SMILES string of the molecule is CC1CCC(C2=CC(N)CNC2)CC1. The summed E-state index contributed by atoms with van der Waals surface area (Å²) in [7, 11) is 0. The van der Waals surface area contributed by atoms with Crippen LogP contribution < -0.4 is 11.1 Å². The standard InChI is InChI=1S/C12H22N2/c1-9-2-4-10(5-3-9)11-6-12(13)8-14-7-11/h6,9-10,12,14H,2-5,7-8,13H2,1H3. The van der Waals surface area contributed by atoms with Gasteiger partial charge in [-0.1, -0.05) is 31.4 Å². The first-order valence-corrected chi connectivity index (χ1v) is 5.92. The van der Waals surface area contributed by atoms with E-state index in [1.54, 1.807) is 5.57 Å². The smallest absolute Gasteiger partial charge is 0.0354 e. The molecule has 1 heterocycles. The van der Waals surface area contributed by atoms with Crippen LogP contribution in [0.3, 0.4) is 0 Å². The zero-order valence-corrected chi connectivity index (χ0v) is 9.13. The lowest BCUT2D eigenvalue weighted by molar-refractivity contribution is 0.313. The van der Waals surface area contributed by atoms with E-state index in [4.69, 9.17) is 5.73 Å². The highest BCUT2D eigenvalue weighted by molar-refractivity contribution is 5.16. The fourth-order valence-corrected chi connectivity index (χ4v) is 2.69. The van der Waals surface area contributed by atoms with Crippen molar-refractivity contribution in [2.24, 2.45) is 17.6 Å². The van der Waals surface area contributed by atoms with E-state index in [-0.39, 0.29) is 6.04 Å². The van der Waals surface area contributed by atoms with Crippen LogP contribution in [0.1, 0.15) is 32.6 Å². The monoisotopic (exact) mass is 194 g/mol. The van der Waals surface area contributed by atoms with Gasteiger partial charge in [0.1, 0.15) is 0 Å². The highest BCUT2D eigenvalue weighted by Gasteiger charge is 2.23. The maximum atomic E-state index is 5.92. The molecule has 0 aromatic rings. The largest absolute Gasteiger partial charge is 0.323 e. The first kappa shape index (κ1) is 10.2. The van der Waals surface area contributed by atoms with E-state index >= 15 is 0 Å². The van der Waals surface area contributed by atoms with Crippen LogP contribution in [0.2, 0.25) is 0 Å². The molecule has 2 nitrogen and oxygen atoms in total. The minimum Gasteiger partial charge on any atom is -0.323 e. The minimum absolute atomic E-state index is 0.248. The van der Waals surface area contributed by atoms with E-state index in [2.05, 4.69) is 18.3 Å². The molecule has 0 bridgehead atoms. The molecule has 14 heavy (non-hydrogen) atoms. The first-order chi connectivity index (χ1) is 6.75. The van der Waals surface area contributed by atoms with Crippen molar-refractivity contribution < 1.29 is 0 Å². The summed E-state index contributed by atoms with van der Waals surface area (Å²) in [6.45, 7) is 4.40. The van der Waals surface area contributed by atoms with Crippen LogP contribution >= 0.6 is 0 Å². The van der Waals surface area contributed by atoms with Gasteiger partial charge in [-0.15, -0.1) is 0 Å². The Morgan fingerprint density at radius 3 is 2.64 bits per heavy atom. The van der Waals surface area contributed by atoms with Gasteiger partial charge in [0.05, 0.1) is 0 Å². The predicted octanol–water partition coefficient (Wildman–Crippen LogP) is 1.67. The average molecular weight is 194 g/mol. The highest BCUT2D eigenvalue weighted by atomic mass is 14.9. The summed E-state index contributed by atoms with van der Waals surface area (Å²) in [5, 5.41) is 3.40. The number of hydrogen-bond acceptors (Lipinski definition) is 2. The Hall–Kier alpha value is -0.340. The quantitative estimate of drug-likeness (QED) is 0.623. The maximum Gasteiger partial charge on any atom is 0.0354 e. The molecule has 0 spiro atoms. The molecular weight excluding hydrogens is 172 g/mol. The van der Waals surface area contributed by atoms with E-state index in [0.29, 0.717) is 0 Å². The molecule has 0 aromatic carbocycles. The van der Waals surface area contributed by atoms with Crippen molar-refractivity contribution in [2.75, 3.05) is 13.1 Å². The Morgan fingerprint density at radius 1 is 1.29 bits per heavy atom. The highest BCUT2D eigenvalue weighted by Crippen LogP contribution is 2.33. The fraction of sp³-hybridized carbons (Fsp3) is 0.833. The maximum absolute atomic E-state index is 5.92. The molecule has 0 aromatic heterocycles. The number of rotatable bonds is 1. The van der Waals surface area contributed by atoms with Gasteiger partial charge in [0.15, 0.2) is 0 Å². The zero-order valence-electron chi connectivity index (χ0n) is 9.13. The van der Waals surface area contributed by atoms with Gasteiger partial charge in [-0.3, -0.25) is 0 Å². The molecule has 3 N–H and O–H groups in total. The summed E-state index contributed by atoms with van der Waals surface area (Å²) < 4.78 is 0. The summed E-state index contributed by atoms with van der Waals surface area (Å²) >= 11 is 0. The second-order valence-electron chi connectivity index (χ2n) is 4.99. The van der Waals surface area contributed by atoms with Gasteiger partial charge in [0.2, 0.25) is 0 Å². The summed E-state index contributed by atoms with van der Waals surface area (Å²) in [4.78, 5) is 0. The molecule has 0 radical (unpaired) electrons. The van der Waals surface area contributed by atoms with Crippen molar-refractivity contribution in [2.45, 2.75) is 38.6 Å². The first-order valence-electron chi connectivity index (χ1n) is 5.92. The van der Waals surface area contributed by atoms with Crippen molar-refractivity contribution in [3.8, 4) is 0 Å². The number of nitrogens with one attached hydrogen (secondary N) is 1. The molecule has 1 aliphatic heterocycles. The van der Waals surface area contributed by atoms with E-state index in [9.17, 15) is 0 Å². The van der Waals surface area contributed by atoms with Crippen LogP contribution in [-0.2, 0) is 0 Å². The van der Waals surface area contributed by atoms with Gasteiger partial charge in [0, 0.05) is 19.1 Å². The Bertz CT molecular complexity index is 214. The molecule has 1 unspecified atom stereocenters. The van der Waals surface area contributed by atoms with Crippen LogP contribution in [0.15, 0.2) is 11.6 Å². The van der Waals surface area contributed by atoms with Crippen molar-refractivity contribution in [1.82, 2.24) is 5.32 Å². The Balaban J connectivity index is 1.94. The van der Waals surface area contributed by atoms with Crippen molar-refractivity contribution in [3.63, 3.8) is 0 Å². The second kappa shape index (κ2) is 4.45. The minimum atomic E-state index is 0.248. The van der Waals surface area contributed by atoms with Crippen molar-refractivity contribution in [3.05, 3.63) is 11.6 Å². The zero-order chi connectivity index (χ0) is 9.97. The van der Waals surface area contributed by atoms with E-state index in [0.717, 1.165) is 24.9 Å². The predicted molar refractivity (Wildman–Crippen MR) is 60.1 cm³/mol. The van der Waals surface area contributed by atoms with Gasteiger partial charge >= 0.3 is 0 Å². The van der Waals surface area contributed by atoms with Gasteiger partial charge < -0.3 is 11.1 Å². The Kier molecular flexibility index (Phi) is 3.24. The molecule has 2 rings (SSSR count). The van der Waals surface area contributed by atoms with Crippen LogP contribution in [0.5, 0.6) is 0 Å². The van der Waals surface area contributed by atoms with Gasteiger partial charge in [0.25, 0.3) is 0 Å². The normalized spacial score (nSPS) is 39.3. The van der Waals surface area contributed by atoms with Crippen molar-refractivity contribution >= 4 is 0 Å². The number of hydrogen-bond donors (Lipinski definition) is 2. The molecular formula is C12H22N2. The molecule has 1 aliphatic carbocycles. The lowest BCUT2D eigenvalue weighted by Crippen LogP contribution is -2.39. The third kappa shape index (κ3) is 2.37. The van der Waals surface area contributed by atoms with E-state index in [1.165, 1.54) is 25.7 Å². The summed E-state index contributed by atoms with van der Waals surface area (Å²) in [6, 6.07) is 0.248. The summed E-state index contributed by atoms with van der Waals surface area (Å²) in [5.41, 5.74) is 7.50. The molecule has 1 fully saturated rings. The Labute approximate surface area is 86.9 Å². The third-order valence-corrected chi connectivity index (χ3v) is 3.68. The lowest BCUT2D eigenvalue weighted by atomic mass is 9.78. The summed E-state index contributed by atoms with van der Waals surface area (Å²) in [6.07, 6.45) is 7.86. The average Bonchev–Trinajstić information content (AvgIpc) is 2.19. The second-order valence-corrected chi connectivity index (χ2v) is 4.99. The Morgan fingerprint density at radius 2 is 2.00 bits per heavy atom. The molecule has 0 saturated heterocycles.